The van der Waals surface area contributed by atoms with Crippen LogP contribution in [0.25, 0.3) is 0 Å². The lowest BCUT2D eigenvalue weighted by Crippen LogP contribution is -2.53. The van der Waals surface area contributed by atoms with Crippen molar-refractivity contribution in [1.29, 1.82) is 0 Å². The van der Waals surface area contributed by atoms with E-state index in [9.17, 15) is 13.6 Å². The summed E-state index contributed by atoms with van der Waals surface area (Å²) in [5, 5.41) is 8.27. The molecule has 37 heavy (non-hydrogen) atoms. The van der Waals surface area contributed by atoms with Crippen molar-refractivity contribution in [2.45, 2.75) is 32.9 Å². The average Bonchev–Trinajstić information content (AvgIpc) is 3.30. The molecule has 1 aromatic carbocycles. The van der Waals surface area contributed by atoms with Crippen LogP contribution in [0.1, 0.15) is 31.1 Å². The molecule has 1 saturated heterocycles. The van der Waals surface area contributed by atoms with Gasteiger partial charge in [-0.1, -0.05) is 11.6 Å². The molecule has 0 spiro atoms. The fourth-order valence-corrected chi connectivity index (χ4v) is 4.91. The second-order valence-electron chi connectivity index (χ2n) is 9.37. The normalized spacial score (nSPS) is 14.6. The van der Waals surface area contributed by atoms with Crippen molar-refractivity contribution in [2.24, 2.45) is 5.73 Å². The summed E-state index contributed by atoms with van der Waals surface area (Å²) in [6.07, 6.45) is 1.35. The van der Waals surface area contributed by atoms with Crippen LogP contribution >= 0.6 is 22.9 Å². The van der Waals surface area contributed by atoms with Crippen LogP contribution in [-0.2, 0) is 0 Å². The summed E-state index contributed by atoms with van der Waals surface area (Å²) in [6.45, 7) is 6.78. The van der Waals surface area contributed by atoms with Crippen molar-refractivity contribution in [3.8, 4) is 5.75 Å². The molecule has 9 nitrogen and oxygen atoms in total. The number of nitrogens with two attached hydrogens (primary N) is 1. The summed E-state index contributed by atoms with van der Waals surface area (Å²) in [4.78, 5) is 24.6. The van der Waals surface area contributed by atoms with Gasteiger partial charge < -0.3 is 26.0 Å². The Labute approximate surface area is 222 Å². The molecule has 13 heteroatoms. The van der Waals surface area contributed by atoms with E-state index in [4.69, 9.17) is 22.1 Å². The van der Waals surface area contributed by atoms with Crippen molar-refractivity contribution in [2.75, 3.05) is 41.7 Å². The minimum Gasteiger partial charge on any atom is -0.433 e. The third-order valence-corrected chi connectivity index (χ3v) is 7.03. The Bertz CT molecular complexity index is 1260. The van der Waals surface area contributed by atoms with Crippen molar-refractivity contribution in [1.82, 2.24) is 14.9 Å². The zero-order chi connectivity index (χ0) is 26.7. The standard InChI is InChI=1S/C24H28ClF2N7O2S/c1-24(2,3)34-9-7-33(8-10-34)14-4-5-17(18(12-14)36-22(26)27)30-23-29-13-16(25)20(32-23)31-21-15(19(28)35)6-11-37-21/h4-6,11-13,22H,7-10H2,1-3H3,(H2,28,35)(H2,29,30,31,32). The quantitative estimate of drug-likeness (QED) is 0.346. The first-order valence-electron chi connectivity index (χ1n) is 11.5. The van der Waals surface area contributed by atoms with Crippen LogP contribution in [0.5, 0.6) is 5.75 Å². The van der Waals surface area contributed by atoms with E-state index in [0.29, 0.717) is 10.6 Å². The third-order valence-electron chi connectivity index (χ3n) is 5.93. The van der Waals surface area contributed by atoms with E-state index in [-0.39, 0.29) is 33.8 Å². The lowest BCUT2D eigenvalue weighted by molar-refractivity contribution is -0.0493. The third kappa shape index (κ3) is 6.56. The largest absolute Gasteiger partial charge is 0.433 e. The Kier molecular flexibility index (Phi) is 8.00. The molecule has 0 bridgehead atoms. The van der Waals surface area contributed by atoms with E-state index in [1.165, 1.54) is 17.5 Å². The topological polar surface area (TPSA) is 109 Å². The van der Waals surface area contributed by atoms with Crippen LogP contribution in [0.3, 0.4) is 0 Å². The molecule has 0 saturated carbocycles. The summed E-state index contributed by atoms with van der Waals surface area (Å²) in [6, 6.07) is 6.66. The summed E-state index contributed by atoms with van der Waals surface area (Å²) in [7, 11) is 0. The number of benzene rings is 1. The van der Waals surface area contributed by atoms with Gasteiger partial charge in [0.2, 0.25) is 5.95 Å². The first-order chi connectivity index (χ1) is 17.5. The lowest BCUT2D eigenvalue weighted by atomic mass is 10.0. The van der Waals surface area contributed by atoms with Gasteiger partial charge in [0.25, 0.3) is 5.91 Å². The number of thiophene rings is 1. The molecule has 1 amide bonds. The van der Waals surface area contributed by atoms with Crippen molar-refractivity contribution < 1.29 is 18.3 Å². The summed E-state index contributed by atoms with van der Waals surface area (Å²) in [5.74, 6) is -0.322. The van der Waals surface area contributed by atoms with Crippen molar-refractivity contribution in [3.05, 3.63) is 46.4 Å². The highest BCUT2D eigenvalue weighted by molar-refractivity contribution is 7.14. The molecule has 0 radical (unpaired) electrons. The van der Waals surface area contributed by atoms with E-state index >= 15 is 0 Å². The molecule has 198 valence electrons. The second kappa shape index (κ2) is 11.0. The monoisotopic (exact) mass is 551 g/mol. The van der Waals surface area contributed by atoms with Gasteiger partial charge in [0, 0.05) is 43.5 Å². The number of aromatic nitrogens is 2. The number of carbonyl (C=O) groups excluding carboxylic acids is 1. The molecule has 3 aromatic rings. The maximum absolute atomic E-state index is 13.3. The Hall–Kier alpha value is -3.22. The van der Waals surface area contributed by atoms with Crippen molar-refractivity contribution in [3.63, 3.8) is 0 Å². The molecule has 1 fully saturated rings. The minimum absolute atomic E-state index is 0.0342. The maximum atomic E-state index is 13.3. The number of piperazine rings is 1. The summed E-state index contributed by atoms with van der Waals surface area (Å²) < 4.78 is 31.3. The van der Waals surface area contributed by atoms with Gasteiger partial charge in [-0.3, -0.25) is 9.69 Å². The highest BCUT2D eigenvalue weighted by atomic mass is 35.5. The number of halogens is 3. The van der Waals surface area contributed by atoms with Crippen LogP contribution in [0, 0.1) is 0 Å². The average molecular weight is 552 g/mol. The zero-order valence-electron chi connectivity index (χ0n) is 20.6. The van der Waals surface area contributed by atoms with E-state index in [1.54, 1.807) is 23.6 Å². The molecule has 0 atom stereocenters. The molecule has 0 aliphatic carbocycles. The molecule has 2 aromatic heterocycles. The molecule has 1 aliphatic heterocycles. The number of hydrogen-bond acceptors (Lipinski definition) is 9. The highest BCUT2D eigenvalue weighted by Crippen LogP contribution is 2.35. The number of amides is 1. The lowest BCUT2D eigenvalue weighted by Gasteiger charge is -2.43. The van der Waals surface area contributed by atoms with Gasteiger partial charge in [-0.25, -0.2) is 4.98 Å². The Morgan fingerprint density at radius 1 is 1.19 bits per heavy atom. The highest BCUT2D eigenvalue weighted by Gasteiger charge is 2.26. The SMILES string of the molecule is CC(C)(C)N1CCN(c2ccc(Nc3ncc(Cl)c(Nc4sccc4C(N)=O)n3)c(OC(F)F)c2)CC1. The van der Waals surface area contributed by atoms with Crippen LogP contribution in [-0.4, -0.2) is 59.1 Å². The predicted octanol–water partition coefficient (Wildman–Crippen LogP) is 5.30. The minimum atomic E-state index is -3.01. The fraction of sp³-hybridized carbons (Fsp3) is 0.375. The van der Waals surface area contributed by atoms with Crippen LogP contribution < -0.4 is 26.0 Å². The first kappa shape index (κ1) is 26.8. The Morgan fingerprint density at radius 2 is 1.92 bits per heavy atom. The molecule has 4 rings (SSSR count). The van der Waals surface area contributed by atoms with Gasteiger partial charge in [-0.15, -0.1) is 11.3 Å². The van der Waals surface area contributed by atoms with E-state index < -0.39 is 12.5 Å². The van der Waals surface area contributed by atoms with Gasteiger partial charge in [0.1, 0.15) is 10.0 Å². The number of primary amides is 1. The molecule has 4 N–H and O–H groups in total. The van der Waals surface area contributed by atoms with Crippen molar-refractivity contribution >= 4 is 57.0 Å². The van der Waals surface area contributed by atoms with Crippen LogP contribution in [0.15, 0.2) is 35.8 Å². The fourth-order valence-electron chi connectivity index (χ4n) is 3.98. The number of hydrogen-bond donors (Lipinski definition) is 3. The Balaban J connectivity index is 1.55. The first-order valence-corrected chi connectivity index (χ1v) is 12.8. The van der Waals surface area contributed by atoms with Gasteiger partial charge >= 0.3 is 6.61 Å². The van der Waals surface area contributed by atoms with E-state index in [1.807, 2.05) is 6.07 Å². The molecular formula is C24H28ClF2N7O2S. The number of nitrogens with zero attached hydrogens (tertiary/aromatic N) is 4. The number of rotatable bonds is 8. The number of alkyl halides is 2. The zero-order valence-corrected chi connectivity index (χ0v) is 22.2. The number of ether oxygens (including phenoxy) is 1. The predicted molar refractivity (Wildman–Crippen MR) is 143 cm³/mol. The molecular weight excluding hydrogens is 524 g/mol. The number of anilines is 5. The van der Waals surface area contributed by atoms with E-state index in [2.05, 4.69) is 51.2 Å². The van der Waals surface area contributed by atoms with Crippen LogP contribution in [0.4, 0.5) is 36.9 Å². The second-order valence-corrected chi connectivity index (χ2v) is 10.7. The van der Waals surface area contributed by atoms with Gasteiger partial charge in [0.05, 0.1) is 17.4 Å². The van der Waals surface area contributed by atoms with Gasteiger partial charge in [-0.2, -0.15) is 13.8 Å². The van der Waals surface area contributed by atoms with E-state index in [0.717, 1.165) is 31.9 Å². The van der Waals surface area contributed by atoms with Gasteiger partial charge in [-0.05, 0) is 44.4 Å². The summed E-state index contributed by atoms with van der Waals surface area (Å²) >= 11 is 7.49. The molecule has 0 unspecified atom stereocenters. The molecule has 3 heterocycles. The number of nitrogens with one attached hydrogen (secondary N) is 2. The number of carbonyl (C=O) groups is 1. The summed E-state index contributed by atoms with van der Waals surface area (Å²) in [5.41, 5.74) is 6.81. The molecule has 1 aliphatic rings. The smallest absolute Gasteiger partial charge is 0.387 e. The van der Waals surface area contributed by atoms with Crippen LogP contribution in [0.2, 0.25) is 5.02 Å². The Morgan fingerprint density at radius 3 is 2.57 bits per heavy atom. The maximum Gasteiger partial charge on any atom is 0.387 e. The van der Waals surface area contributed by atoms with Gasteiger partial charge in [0.15, 0.2) is 11.6 Å².